The van der Waals surface area contributed by atoms with Gasteiger partial charge in [-0.15, -0.1) is 0 Å². The van der Waals surface area contributed by atoms with E-state index in [1.807, 2.05) is 4.90 Å². The third-order valence-electron chi connectivity index (χ3n) is 3.46. The lowest BCUT2D eigenvalue weighted by molar-refractivity contribution is -0.384. The van der Waals surface area contributed by atoms with Gasteiger partial charge in [0.15, 0.2) is 0 Å². The zero-order chi connectivity index (χ0) is 14.7. The number of carbonyl (C=O) groups is 1. The number of ether oxygens (including phenoxy) is 1. The summed E-state index contributed by atoms with van der Waals surface area (Å²) in [7, 11) is 1.41. The molecule has 0 spiro atoms. The van der Waals surface area contributed by atoms with Crippen LogP contribution in [0.15, 0.2) is 12.1 Å². The summed E-state index contributed by atoms with van der Waals surface area (Å²) in [5, 5.41) is 11.2. The average molecular weight is 279 g/mol. The van der Waals surface area contributed by atoms with E-state index in [-0.39, 0.29) is 17.0 Å². The molecule has 0 saturated carbocycles. The van der Waals surface area contributed by atoms with Gasteiger partial charge in [0, 0.05) is 25.2 Å². The van der Waals surface area contributed by atoms with Crippen molar-refractivity contribution < 1.29 is 14.5 Å². The zero-order valence-electron chi connectivity index (χ0n) is 11.3. The first kappa shape index (κ1) is 14.1. The smallest absolute Gasteiger partial charge is 0.293 e. The summed E-state index contributed by atoms with van der Waals surface area (Å²) in [5.74, 6) is -0.473. The van der Waals surface area contributed by atoms with Crippen LogP contribution in [0.3, 0.4) is 0 Å². The Balaban J connectivity index is 2.53. The molecule has 0 radical (unpaired) electrons. The lowest BCUT2D eigenvalue weighted by Crippen LogP contribution is -2.30. The Morgan fingerprint density at radius 1 is 1.35 bits per heavy atom. The molecule has 1 aromatic rings. The second kappa shape index (κ2) is 5.77. The summed E-state index contributed by atoms with van der Waals surface area (Å²) in [6, 6.07) is 2.73. The van der Waals surface area contributed by atoms with Crippen LogP contribution in [-0.2, 0) is 0 Å². The number of nitro groups is 1. The average Bonchev–Trinajstić information content (AvgIpc) is 2.46. The minimum Gasteiger partial charge on any atom is -0.496 e. The molecule has 1 heterocycles. The molecular formula is C13H17N3O4. The minimum absolute atomic E-state index is 0.0277. The maximum absolute atomic E-state index is 11.3. The van der Waals surface area contributed by atoms with Crippen LogP contribution in [0, 0.1) is 10.1 Å². The molecule has 108 valence electrons. The molecule has 0 aromatic heterocycles. The van der Waals surface area contributed by atoms with E-state index >= 15 is 0 Å². The quantitative estimate of drug-likeness (QED) is 0.668. The van der Waals surface area contributed by atoms with Crippen molar-refractivity contribution in [3.05, 3.63) is 27.8 Å². The molecule has 2 N–H and O–H groups in total. The highest BCUT2D eigenvalue weighted by molar-refractivity contribution is 5.97. The van der Waals surface area contributed by atoms with Crippen LogP contribution in [0.1, 0.15) is 29.6 Å². The Bertz CT molecular complexity index is 539. The number of methoxy groups -OCH3 is 1. The fourth-order valence-corrected chi connectivity index (χ4v) is 2.45. The molecule has 1 fully saturated rings. The summed E-state index contributed by atoms with van der Waals surface area (Å²) in [5.41, 5.74) is 5.63. The van der Waals surface area contributed by atoms with E-state index < -0.39 is 10.8 Å². The molecule has 0 unspecified atom stereocenters. The third kappa shape index (κ3) is 2.66. The van der Waals surface area contributed by atoms with Crippen LogP contribution >= 0.6 is 0 Å². The molecule has 1 aliphatic heterocycles. The lowest BCUT2D eigenvalue weighted by atomic mass is 10.1. The molecule has 1 saturated heterocycles. The summed E-state index contributed by atoms with van der Waals surface area (Å²) in [6.07, 6.45) is 3.12. The van der Waals surface area contributed by atoms with Crippen LogP contribution in [0.5, 0.6) is 5.75 Å². The molecule has 7 heteroatoms. The number of piperidine rings is 1. The Labute approximate surface area is 116 Å². The number of carbonyl (C=O) groups excluding carboxylic acids is 1. The Hall–Kier alpha value is -2.31. The van der Waals surface area contributed by atoms with Gasteiger partial charge in [-0.25, -0.2) is 0 Å². The number of nitrogens with zero attached hydrogens (tertiary/aromatic N) is 2. The number of benzene rings is 1. The number of nitro benzene ring substituents is 1. The Morgan fingerprint density at radius 3 is 2.50 bits per heavy atom. The predicted octanol–water partition coefficient (Wildman–Crippen LogP) is 1.69. The van der Waals surface area contributed by atoms with Crippen molar-refractivity contribution in [2.75, 3.05) is 25.1 Å². The van der Waals surface area contributed by atoms with Crippen LogP contribution in [0.25, 0.3) is 0 Å². The number of rotatable bonds is 4. The number of anilines is 1. The maximum Gasteiger partial charge on any atom is 0.293 e. The van der Waals surface area contributed by atoms with Gasteiger partial charge in [0.05, 0.1) is 17.6 Å². The van der Waals surface area contributed by atoms with Gasteiger partial charge in [-0.05, 0) is 19.3 Å². The first-order chi connectivity index (χ1) is 9.54. The molecule has 0 bridgehead atoms. The van der Waals surface area contributed by atoms with Gasteiger partial charge in [0.2, 0.25) is 0 Å². The molecule has 0 atom stereocenters. The van der Waals surface area contributed by atoms with Gasteiger partial charge < -0.3 is 15.4 Å². The van der Waals surface area contributed by atoms with Gasteiger partial charge in [-0.3, -0.25) is 14.9 Å². The zero-order valence-corrected chi connectivity index (χ0v) is 11.3. The van der Waals surface area contributed by atoms with E-state index in [9.17, 15) is 14.9 Å². The van der Waals surface area contributed by atoms with Crippen LogP contribution in [-0.4, -0.2) is 31.0 Å². The van der Waals surface area contributed by atoms with E-state index in [4.69, 9.17) is 10.5 Å². The van der Waals surface area contributed by atoms with Gasteiger partial charge in [-0.1, -0.05) is 0 Å². The van der Waals surface area contributed by atoms with E-state index in [1.165, 1.54) is 19.2 Å². The number of hydrogen-bond donors (Lipinski definition) is 1. The van der Waals surface area contributed by atoms with Gasteiger partial charge in [0.25, 0.3) is 11.6 Å². The molecule has 2 rings (SSSR count). The van der Waals surface area contributed by atoms with Gasteiger partial charge in [-0.2, -0.15) is 0 Å². The van der Waals surface area contributed by atoms with Crippen molar-refractivity contribution in [2.24, 2.45) is 5.73 Å². The number of amides is 1. The first-order valence-corrected chi connectivity index (χ1v) is 6.45. The number of hydrogen-bond acceptors (Lipinski definition) is 5. The van der Waals surface area contributed by atoms with E-state index in [1.54, 1.807) is 0 Å². The van der Waals surface area contributed by atoms with E-state index in [0.29, 0.717) is 5.69 Å². The summed E-state index contributed by atoms with van der Waals surface area (Å²) < 4.78 is 5.12. The molecule has 0 aliphatic carbocycles. The van der Waals surface area contributed by atoms with E-state index in [2.05, 4.69) is 0 Å². The minimum atomic E-state index is -0.741. The Morgan fingerprint density at radius 2 is 2.00 bits per heavy atom. The summed E-state index contributed by atoms with van der Waals surface area (Å²) in [6.45, 7) is 1.53. The highest BCUT2D eigenvalue weighted by Crippen LogP contribution is 2.36. The van der Waals surface area contributed by atoms with Gasteiger partial charge >= 0.3 is 0 Å². The van der Waals surface area contributed by atoms with Crippen molar-refractivity contribution in [1.82, 2.24) is 0 Å². The third-order valence-corrected chi connectivity index (χ3v) is 3.46. The Kier molecular flexibility index (Phi) is 4.07. The van der Waals surface area contributed by atoms with Crippen molar-refractivity contribution >= 4 is 17.3 Å². The standard InChI is InChI=1S/C13H17N3O4/c1-20-12-8-10(15-5-3-2-4-6-15)11(16(18)19)7-9(12)13(14)17/h7-8H,2-6H2,1H3,(H2,14,17). The normalized spacial score (nSPS) is 14.9. The monoisotopic (exact) mass is 279 g/mol. The molecule has 1 aliphatic rings. The summed E-state index contributed by atoms with van der Waals surface area (Å²) >= 11 is 0. The van der Waals surface area contributed by atoms with Crippen LogP contribution in [0.4, 0.5) is 11.4 Å². The van der Waals surface area contributed by atoms with E-state index in [0.717, 1.165) is 32.4 Å². The highest BCUT2D eigenvalue weighted by Gasteiger charge is 2.25. The van der Waals surface area contributed by atoms with Crippen molar-refractivity contribution in [2.45, 2.75) is 19.3 Å². The lowest BCUT2D eigenvalue weighted by Gasteiger charge is -2.28. The van der Waals surface area contributed by atoms with Gasteiger partial charge in [0.1, 0.15) is 11.4 Å². The topological polar surface area (TPSA) is 98.7 Å². The van der Waals surface area contributed by atoms with Crippen molar-refractivity contribution in [3.8, 4) is 5.75 Å². The number of primary amides is 1. The molecule has 20 heavy (non-hydrogen) atoms. The summed E-state index contributed by atoms with van der Waals surface area (Å²) in [4.78, 5) is 24.0. The molecule has 1 aromatic carbocycles. The predicted molar refractivity (Wildman–Crippen MR) is 74.2 cm³/mol. The van der Waals surface area contributed by atoms with Crippen LogP contribution in [0.2, 0.25) is 0 Å². The fourth-order valence-electron chi connectivity index (χ4n) is 2.45. The second-order valence-electron chi connectivity index (χ2n) is 4.71. The SMILES string of the molecule is COc1cc(N2CCCCC2)c([N+](=O)[O-])cc1C(N)=O. The molecular weight excluding hydrogens is 262 g/mol. The fraction of sp³-hybridized carbons (Fsp3) is 0.462. The molecule has 7 nitrogen and oxygen atoms in total. The first-order valence-electron chi connectivity index (χ1n) is 6.45. The maximum atomic E-state index is 11.3. The van der Waals surface area contributed by atoms with Crippen molar-refractivity contribution in [3.63, 3.8) is 0 Å². The molecule has 1 amide bonds. The highest BCUT2D eigenvalue weighted by atomic mass is 16.6. The number of nitrogens with two attached hydrogens (primary N) is 1. The van der Waals surface area contributed by atoms with Crippen molar-refractivity contribution in [1.29, 1.82) is 0 Å². The largest absolute Gasteiger partial charge is 0.496 e. The van der Waals surface area contributed by atoms with Crippen LogP contribution < -0.4 is 15.4 Å². The second-order valence-corrected chi connectivity index (χ2v) is 4.71.